The van der Waals surface area contributed by atoms with Crippen molar-refractivity contribution in [1.82, 2.24) is 4.98 Å². The molecule has 1 heterocycles. The summed E-state index contributed by atoms with van der Waals surface area (Å²) in [5, 5.41) is 20.9. The van der Waals surface area contributed by atoms with Crippen LogP contribution in [0.5, 0.6) is 0 Å². The average molecular weight is 395 g/mol. The zero-order valence-electron chi connectivity index (χ0n) is 17.0. The monoisotopic (exact) mass is 394 g/mol. The van der Waals surface area contributed by atoms with E-state index < -0.39 is 11.5 Å². The van der Waals surface area contributed by atoms with Crippen LogP contribution in [0.1, 0.15) is 73.0 Å². The van der Waals surface area contributed by atoms with Gasteiger partial charge in [-0.1, -0.05) is 50.3 Å². The van der Waals surface area contributed by atoms with E-state index in [9.17, 15) is 15.2 Å². The Kier molecular flexibility index (Phi) is 5.31. The second-order valence-corrected chi connectivity index (χ2v) is 8.79. The van der Waals surface area contributed by atoms with Crippen molar-refractivity contribution in [1.29, 1.82) is 5.26 Å². The first-order valence-electron chi connectivity index (χ1n) is 9.57. The van der Waals surface area contributed by atoms with Gasteiger partial charge in [0.15, 0.2) is 0 Å². The zero-order valence-corrected chi connectivity index (χ0v) is 17.8. The third kappa shape index (κ3) is 3.32. The Morgan fingerprint density at radius 2 is 1.96 bits per heavy atom. The van der Waals surface area contributed by atoms with Crippen molar-refractivity contribution < 1.29 is 9.90 Å². The van der Waals surface area contributed by atoms with Gasteiger partial charge in [-0.3, -0.25) is 4.79 Å². The molecule has 2 N–H and O–H groups in total. The highest BCUT2D eigenvalue weighted by Crippen LogP contribution is 2.48. The smallest absolute Gasteiger partial charge is 0.136 e. The summed E-state index contributed by atoms with van der Waals surface area (Å²) in [6.07, 6.45) is 0.231. The van der Waals surface area contributed by atoms with Gasteiger partial charge in [-0.2, -0.15) is 5.26 Å². The first-order chi connectivity index (χ1) is 13.1. The second-order valence-electron chi connectivity index (χ2n) is 8.38. The zero-order chi connectivity index (χ0) is 20.8. The SMILES string of the molecule is CC(=O)C1C(c2ccc(C(C)C)cc2)c2c(C)[nH]c(=S)c(C#N)c2CC1(C)O. The molecule has 5 heteroatoms. The maximum absolute atomic E-state index is 12.7. The van der Waals surface area contributed by atoms with Gasteiger partial charge in [0.1, 0.15) is 16.5 Å². The molecule has 2 aromatic rings. The molecule has 0 amide bonds. The number of nitrogens with one attached hydrogen (secondary N) is 1. The van der Waals surface area contributed by atoms with Gasteiger partial charge < -0.3 is 10.1 Å². The quantitative estimate of drug-likeness (QED) is 0.740. The molecule has 1 aliphatic carbocycles. The van der Waals surface area contributed by atoms with Crippen molar-refractivity contribution in [2.75, 3.05) is 0 Å². The number of hydrogen-bond donors (Lipinski definition) is 2. The molecule has 0 saturated heterocycles. The number of aryl methyl sites for hydroxylation is 1. The Labute approximate surface area is 171 Å². The Bertz CT molecular complexity index is 1030. The number of H-pyrrole nitrogens is 1. The summed E-state index contributed by atoms with van der Waals surface area (Å²) in [5.41, 5.74) is 3.82. The molecule has 0 bridgehead atoms. The van der Waals surface area contributed by atoms with Crippen LogP contribution >= 0.6 is 12.2 Å². The summed E-state index contributed by atoms with van der Waals surface area (Å²) >= 11 is 5.35. The standard InChI is InChI=1S/C23H26N2O2S/c1-12(2)15-6-8-16(9-7-15)20-19-13(3)25-22(28)18(11-24)17(19)10-23(5,27)21(20)14(4)26/h6-9,12,20-21,27H,10H2,1-5H3,(H,25,28). The van der Waals surface area contributed by atoms with Gasteiger partial charge in [-0.25, -0.2) is 0 Å². The van der Waals surface area contributed by atoms with E-state index >= 15 is 0 Å². The molecule has 3 rings (SSSR count). The highest BCUT2D eigenvalue weighted by molar-refractivity contribution is 7.71. The third-order valence-electron chi connectivity index (χ3n) is 5.92. The maximum atomic E-state index is 12.7. The Hall–Kier alpha value is -2.29. The molecule has 1 aromatic heterocycles. The summed E-state index contributed by atoms with van der Waals surface area (Å²) in [4.78, 5) is 15.8. The minimum absolute atomic E-state index is 0.0612. The molecule has 0 spiro atoms. The second kappa shape index (κ2) is 7.27. The lowest BCUT2D eigenvalue weighted by Crippen LogP contribution is -2.48. The van der Waals surface area contributed by atoms with Crippen LogP contribution in [-0.2, 0) is 11.2 Å². The van der Waals surface area contributed by atoms with Crippen LogP contribution in [0.2, 0.25) is 0 Å². The molecule has 0 saturated carbocycles. The number of carbonyl (C=O) groups excluding carboxylic acids is 1. The lowest BCUT2D eigenvalue weighted by Gasteiger charge is -2.43. The van der Waals surface area contributed by atoms with Crippen LogP contribution in [0.4, 0.5) is 0 Å². The van der Waals surface area contributed by atoms with E-state index in [4.69, 9.17) is 12.2 Å². The molecule has 1 aromatic carbocycles. The van der Waals surface area contributed by atoms with E-state index in [1.54, 1.807) is 6.92 Å². The van der Waals surface area contributed by atoms with Crippen LogP contribution in [0, 0.1) is 28.8 Å². The van der Waals surface area contributed by atoms with Gasteiger partial charge >= 0.3 is 0 Å². The fraction of sp³-hybridized carbons (Fsp3) is 0.435. The van der Waals surface area contributed by atoms with Crippen molar-refractivity contribution in [2.45, 2.75) is 58.5 Å². The number of Topliss-reactive ketones (excluding diaryl/α,β-unsaturated/α-hetero) is 1. The topological polar surface area (TPSA) is 76.9 Å². The molecule has 3 unspecified atom stereocenters. The predicted octanol–water partition coefficient (Wildman–Crippen LogP) is 4.69. The molecule has 1 aliphatic rings. The van der Waals surface area contributed by atoms with E-state index in [1.165, 1.54) is 12.5 Å². The van der Waals surface area contributed by atoms with Gasteiger partial charge in [-0.05, 0) is 48.9 Å². The number of nitriles is 1. The average Bonchev–Trinajstić information content (AvgIpc) is 2.59. The highest BCUT2D eigenvalue weighted by Gasteiger charge is 2.48. The fourth-order valence-electron chi connectivity index (χ4n) is 4.63. The van der Waals surface area contributed by atoms with Crippen LogP contribution < -0.4 is 0 Å². The number of hydrogen-bond acceptors (Lipinski definition) is 4. The number of carbonyl (C=O) groups is 1. The number of ketones is 1. The molecule has 28 heavy (non-hydrogen) atoms. The van der Waals surface area contributed by atoms with Crippen LogP contribution in [0.15, 0.2) is 24.3 Å². The largest absolute Gasteiger partial charge is 0.389 e. The fourth-order valence-corrected chi connectivity index (χ4v) is 4.96. The van der Waals surface area contributed by atoms with Crippen molar-refractivity contribution >= 4 is 18.0 Å². The normalized spacial score (nSPS) is 23.9. The summed E-state index contributed by atoms with van der Waals surface area (Å²) in [6.45, 7) is 9.41. The molecule has 3 atom stereocenters. The maximum Gasteiger partial charge on any atom is 0.136 e. The summed E-state index contributed by atoms with van der Waals surface area (Å²) in [5.74, 6) is -0.590. The van der Waals surface area contributed by atoms with E-state index in [1.807, 2.05) is 19.1 Å². The van der Waals surface area contributed by atoms with Crippen LogP contribution in [0.3, 0.4) is 0 Å². The molecular weight excluding hydrogens is 368 g/mol. The van der Waals surface area contributed by atoms with Crippen LogP contribution in [-0.4, -0.2) is 21.5 Å². The lowest BCUT2D eigenvalue weighted by atomic mass is 9.62. The number of aromatic nitrogens is 1. The number of pyridine rings is 1. The Morgan fingerprint density at radius 1 is 1.36 bits per heavy atom. The minimum atomic E-state index is -1.26. The third-order valence-corrected chi connectivity index (χ3v) is 6.23. The minimum Gasteiger partial charge on any atom is -0.389 e. The Balaban J connectivity index is 2.34. The number of aliphatic hydroxyl groups is 1. The van der Waals surface area contributed by atoms with Crippen molar-refractivity contribution in [2.24, 2.45) is 5.92 Å². The number of benzene rings is 1. The van der Waals surface area contributed by atoms with Gasteiger partial charge in [-0.15, -0.1) is 0 Å². The lowest BCUT2D eigenvalue weighted by molar-refractivity contribution is -0.130. The Morgan fingerprint density at radius 3 is 2.46 bits per heavy atom. The van der Waals surface area contributed by atoms with Gasteiger partial charge in [0, 0.05) is 18.0 Å². The summed E-state index contributed by atoms with van der Waals surface area (Å²) in [7, 11) is 0. The van der Waals surface area contributed by atoms with Crippen LogP contribution in [0.25, 0.3) is 0 Å². The van der Waals surface area contributed by atoms with Gasteiger partial charge in [0.25, 0.3) is 0 Å². The molecule has 146 valence electrons. The summed E-state index contributed by atoms with van der Waals surface area (Å²) in [6, 6.07) is 10.4. The van der Waals surface area contributed by atoms with Crippen molar-refractivity contribution in [3.63, 3.8) is 0 Å². The van der Waals surface area contributed by atoms with E-state index in [0.29, 0.717) is 16.1 Å². The predicted molar refractivity (Wildman–Crippen MR) is 112 cm³/mol. The van der Waals surface area contributed by atoms with E-state index in [-0.39, 0.29) is 18.1 Å². The van der Waals surface area contributed by atoms with Crippen molar-refractivity contribution in [3.05, 3.63) is 62.4 Å². The molecule has 0 aliphatic heterocycles. The van der Waals surface area contributed by atoms with E-state index in [0.717, 1.165) is 22.4 Å². The molecular formula is C23H26N2O2S. The number of rotatable bonds is 3. The number of nitrogens with zero attached hydrogens (tertiary/aromatic N) is 1. The van der Waals surface area contributed by atoms with Gasteiger partial charge in [0.2, 0.25) is 0 Å². The first kappa shape index (κ1) is 20.4. The van der Waals surface area contributed by atoms with Crippen molar-refractivity contribution in [3.8, 4) is 6.07 Å². The van der Waals surface area contributed by atoms with Gasteiger partial charge in [0.05, 0.1) is 17.1 Å². The van der Waals surface area contributed by atoms with E-state index in [2.05, 4.69) is 37.0 Å². The summed E-state index contributed by atoms with van der Waals surface area (Å²) < 4.78 is 0.379. The first-order valence-corrected chi connectivity index (χ1v) is 9.97. The molecule has 4 nitrogen and oxygen atoms in total. The number of aromatic amines is 1. The highest BCUT2D eigenvalue weighted by atomic mass is 32.1. The molecule has 0 fully saturated rings. The number of fused-ring (bicyclic) bond motifs is 1. The molecule has 0 radical (unpaired) electrons.